The van der Waals surface area contributed by atoms with Crippen molar-refractivity contribution >= 4 is 32.9 Å². The highest BCUT2D eigenvalue weighted by atomic mass is 32.2. The van der Waals surface area contributed by atoms with Gasteiger partial charge in [0.1, 0.15) is 11.6 Å². The molecule has 182 valence electrons. The molecule has 1 fully saturated rings. The maximum atomic E-state index is 13.1. The Morgan fingerprint density at radius 3 is 2.53 bits per heavy atom. The van der Waals surface area contributed by atoms with Crippen molar-refractivity contribution in [2.75, 3.05) is 29.1 Å². The summed E-state index contributed by atoms with van der Waals surface area (Å²) in [5.41, 5.74) is -0.0289. The van der Waals surface area contributed by atoms with Crippen molar-refractivity contribution in [1.29, 1.82) is 0 Å². The zero-order chi connectivity index (χ0) is 24.7. The SMILES string of the molecule is CCS(=O)(=O)c1ccc(O)c(NC(=O)C2CCN(c3ccc4nnc(C(F)(F)F)n4n3)CC2)c1. The van der Waals surface area contributed by atoms with Gasteiger partial charge in [0.15, 0.2) is 15.5 Å². The van der Waals surface area contributed by atoms with Crippen LogP contribution in [0.4, 0.5) is 24.7 Å². The summed E-state index contributed by atoms with van der Waals surface area (Å²) in [5, 5.41) is 23.3. The Kier molecular flexibility index (Phi) is 6.10. The number of carbonyl (C=O) groups is 1. The number of nitrogens with one attached hydrogen (secondary N) is 1. The van der Waals surface area contributed by atoms with E-state index in [9.17, 15) is 31.5 Å². The molecule has 3 aromatic rings. The van der Waals surface area contributed by atoms with Crippen molar-refractivity contribution in [2.45, 2.75) is 30.8 Å². The van der Waals surface area contributed by atoms with Crippen LogP contribution in [0.1, 0.15) is 25.6 Å². The summed E-state index contributed by atoms with van der Waals surface area (Å²) in [4.78, 5) is 14.5. The summed E-state index contributed by atoms with van der Waals surface area (Å²) >= 11 is 0. The maximum absolute atomic E-state index is 13.1. The fourth-order valence-electron chi connectivity index (χ4n) is 3.71. The van der Waals surface area contributed by atoms with Crippen molar-refractivity contribution < 1.29 is 31.5 Å². The fourth-order valence-corrected chi connectivity index (χ4v) is 4.61. The lowest BCUT2D eigenvalue weighted by atomic mass is 9.95. The van der Waals surface area contributed by atoms with E-state index >= 15 is 0 Å². The van der Waals surface area contributed by atoms with Gasteiger partial charge in [-0.25, -0.2) is 8.42 Å². The van der Waals surface area contributed by atoms with E-state index in [1.165, 1.54) is 31.2 Å². The maximum Gasteiger partial charge on any atom is 0.453 e. The number of aromatic hydroxyl groups is 1. The normalized spacial score (nSPS) is 15.6. The van der Waals surface area contributed by atoms with E-state index in [-0.39, 0.29) is 33.6 Å². The largest absolute Gasteiger partial charge is 0.506 e. The highest BCUT2D eigenvalue weighted by molar-refractivity contribution is 7.91. The molecule has 0 unspecified atom stereocenters. The molecule has 1 aromatic carbocycles. The number of rotatable bonds is 5. The first-order chi connectivity index (χ1) is 16.0. The van der Waals surface area contributed by atoms with Gasteiger partial charge in [-0.15, -0.1) is 15.3 Å². The molecule has 1 saturated heterocycles. The van der Waals surface area contributed by atoms with Crippen molar-refractivity contribution in [3.05, 3.63) is 36.2 Å². The minimum absolute atomic E-state index is 0.00126. The summed E-state index contributed by atoms with van der Waals surface area (Å²) in [7, 11) is -3.52. The Morgan fingerprint density at radius 2 is 1.88 bits per heavy atom. The number of benzene rings is 1. The van der Waals surface area contributed by atoms with Crippen molar-refractivity contribution in [1.82, 2.24) is 19.8 Å². The Bertz CT molecular complexity index is 1330. The fraction of sp³-hybridized carbons (Fsp3) is 0.400. The highest BCUT2D eigenvalue weighted by Gasteiger charge is 2.38. The molecule has 0 aliphatic carbocycles. The van der Waals surface area contributed by atoms with Crippen molar-refractivity contribution in [3.63, 3.8) is 0 Å². The molecule has 2 aromatic heterocycles. The van der Waals surface area contributed by atoms with Crippen molar-refractivity contribution in [3.8, 4) is 5.75 Å². The number of carbonyl (C=O) groups excluding carboxylic acids is 1. The van der Waals surface area contributed by atoms with Gasteiger partial charge in [0, 0.05) is 19.0 Å². The first-order valence-corrected chi connectivity index (χ1v) is 12.1. The van der Waals surface area contributed by atoms with E-state index in [1.807, 2.05) is 0 Å². The van der Waals surface area contributed by atoms with Crippen LogP contribution in [0.15, 0.2) is 35.2 Å². The molecular weight excluding hydrogens is 477 g/mol. The molecule has 0 atom stereocenters. The minimum Gasteiger partial charge on any atom is -0.506 e. The molecule has 3 heterocycles. The number of piperidine rings is 1. The van der Waals surface area contributed by atoms with Crippen LogP contribution < -0.4 is 10.2 Å². The van der Waals surface area contributed by atoms with Gasteiger partial charge in [-0.05, 0) is 43.2 Å². The number of phenolic OH excluding ortho intramolecular Hbond substituents is 1. The molecule has 4 rings (SSSR count). The lowest BCUT2D eigenvalue weighted by Gasteiger charge is -2.32. The Labute approximate surface area is 192 Å². The summed E-state index contributed by atoms with van der Waals surface area (Å²) in [6.45, 7) is 2.21. The molecule has 1 amide bonds. The number of anilines is 2. The second-order valence-corrected chi connectivity index (χ2v) is 10.1. The predicted octanol–water partition coefficient (Wildman–Crippen LogP) is 2.50. The summed E-state index contributed by atoms with van der Waals surface area (Å²) in [6, 6.07) is 6.64. The summed E-state index contributed by atoms with van der Waals surface area (Å²) in [6.07, 6.45) is -3.93. The number of nitrogens with zero attached hydrogens (tertiary/aromatic N) is 5. The summed E-state index contributed by atoms with van der Waals surface area (Å²) in [5.74, 6) is -2.12. The Balaban J connectivity index is 1.44. The third-order valence-corrected chi connectivity index (χ3v) is 7.39. The zero-order valence-corrected chi connectivity index (χ0v) is 18.8. The number of alkyl halides is 3. The van der Waals surface area contributed by atoms with E-state index < -0.39 is 27.8 Å². The average Bonchev–Trinajstić information content (AvgIpc) is 3.24. The van der Waals surface area contributed by atoms with Gasteiger partial charge in [0.25, 0.3) is 5.82 Å². The number of amides is 1. The van der Waals surface area contributed by atoms with E-state index in [4.69, 9.17) is 0 Å². The van der Waals surface area contributed by atoms with Crippen LogP contribution in [-0.4, -0.2) is 58.1 Å². The molecule has 0 spiro atoms. The van der Waals surface area contributed by atoms with E-state index in [2.05, 4.69) is 20.6 Å². The van der Waals surface area contributed by atoms with Gasteiger partial charge < -0.3 is 15.3 Å². The Hall–Kier alpha value is -3.42. The van der Waals surface area contributed by atoms with E-state index in [0.29, 0.717) is 36.3 Å². The van der Waals surface area contributed by atoms with E-state index in [1.54, 1.807) is 11.0 Å². The number of fused-ring (bicyclic) bond motifs is 1. The lowest BCUT2D eigenvalue weighted by molar-refractivity contribution is -0.146. The van der Waals surface area contributed by atoms with Gasteiger partial charge in [0.05, 0.1) is 16.3 Å². The zero-order valence-electron chi connectivity index (χ0n) is 17.9. The van der Waals surface area contributed by atoms with Crippen LogP contribution in [0.2, 0.25) is 0 Å². The van der Waals surface area contributed by atoms with Crippen LogP contribution in [0, 0.1) is 5.92 Å². The molecule has 10 nitrogen and oxygen atoms in total. The monoisotopic (exact) mass is 498 g/mol. The predicted molar refractivity (Wildman–Crippen MR) is 115 cm³/mol. The number of sulfone groups is 1. The third-order valence-electron chi connectivity index (χ3n) is 5.66. The number of phenols is 1. The van der Waals surface area contributed by atoms with Crippen LogP contribution in [0.25, 0.3) is 5.65 Å². The number of aromatic nitrogens is 4. The molecule has 0 saturated carbocycles. The molecule has 34 heavy (non-hydrogen) atoms. The van der Waals surface area contributed by atoms with Crippen LogP contribution in [0.3, 0.4) is 0 Å². The number of halogens is 3. The van der Waals surface area contributed by atoms with Gasteiger partial charge >= 0.3 is 6.18 Å². The van der Waals surface area contributed by atoms with Gasteiger partial charge in [-0.2, -0.15) is 17.7 Å². The quantitative estimate of drug-likeness (QED) is 0.514. The number of hydrogen-bond acceptors (Lipinski definition) is 8. The molecule has 14 heteroatoms. The van der Waals surface area contributed by atoms with E-state index in [0.717, 1.165) is 0 Å². The highest BCUT2D eigenvalue weighted by Crippen LogP contribution is 2.30. The van der Waals surface area contributed by atoms with Crippen molar-refractivity contribution in [2.24, 2.45) is 5.92 Å². The first kappa shape index (κ1) is 23.7. The van der Waals surface area contributed by atoms with Gasteiger partial charge in [0.2, 0.25) is 5.91 Å². The molecule has 2 N–H and O–H groups in total. The molecule has 0 bridgehead atoms. The third kappa shape index (κ3) is 4.62. The Morgan fingerprint density at radius 1 is 1.18 bits per heavy atom. The topological polar surface area (TPSA) is 130 Å². The summed E-state index contributed by atoms with van der Waals surface area (Å²) < 4.78 is 64.1. The first-order valence-electron chi connectivity index (χ1n) is 10.4. The lowest BCUT2D eigenvalue weighted by Crippen LogP contribution is -2.38. The average molecular weight is 498 g/mol. The van der Waals surface area contributed by atoms with Crippen LogP contribution >= 0.6 is 0 Å². The molecule has 0 radical (unpaired) electrons. The smallest absolute Gasteiger partial charge is 0.453 e. The second kappa shape index (κ2) is 8.74. The molecule has 1 aliphatic rings. The molecular formula is C20H21F3N6O4S. The second-order valence-electron chi connectivity index (χ2n) is 7.82. The number of hydrogen-bond donors (Lipinski definition) is 2. The van der Waals surface area contributed by atoms with Gasteiger partial charge in [-0.1, -0.05) is 6.92 Å². The van der Waals surface area contributed by atoms with Crippen LogP contribution in [0.5, 0.6) is 5.75 Å². The molecule has 1 aliphatic heterocycles. The minimum atomic E-state index is -4.70. The van der Waals surface area contributed by atoms with Crippen LogP contribution in [-0.2, 0) is 20.8 Å². The standard InChI is InChI=1S/C20H21F3N6O4S/c1-2-34(32,33)13-3-4-15(30)14(11-13)24-18(31)12-7-9-28(10-8-12)17-6-5-16-25-26-19(20(21,22)23)29(16)27-17/h3-6,11-12,30H,2,7-10H2,1H3,(H,24,31). The van der Waals surface area contributed by atoms with Gasteiger partial charge in [-0.3, -0.25) is 4.79 Å².